The van der Waals surface area contributed by atoms with Gasteiger partial charge in [0.1, 0.15) is 0 Å². The highest BCUT2D eigenvalue weighted by atomic mass is 14.7. The SMILES string of the molecule is Cc1ccc(-c2ccc3c(c2)c(-c2ccc4cc(C(C)C)ccc4c2)c2ccc4nc5c6ccc(-c7ccc(C)cc7)cc6c(-c6ccc7cc(C(C)C)ccc7c6)c6ccc7nc3c2c4c7c65)cc1. The van der Waals surface area contributed by atoms with Gasteiger partial charge in [0.05, 0.1) is 22.1 Å². The average molecular weight is 895 g/mol. The van der Waals surface area contributed by atoms with E-state index in [4.69, 9.17) is 9.97 Å². The summed E-state index contributed by atoms with van der Waals surface area (Å²) < 4.78 is 0. The predicted octanol–water partition coefficient (Wildman–Crippen LogP) is 19.3. The van der Waals surface area contributed by atoms with Crippen LogP contribution in [0.1, 0.15) is 61.8 Å². The number of nitrogens with zero attached hydrogens (tertiary/aromatic N) is 2. The van der Waals surface area contributed by atoms with Crippen LogP contribution in [-0.4, -0.2) is 9.97 Å². The first-order valence-corrected chi connectivity index (χ1v) is 24.9. The molecule has 14 aromatic rings. The topological polar surface area (TPSA) is 25.8 Å². The van der Waals surface area contributed by atoms with Gasteiger partial charge in [-0.05, 0) is 161 Å². The smallest absolute Gasteiger partial charge is 0.0801 e. The maximum absolute atomic E-state index is 5.76. The second-order valence-corrected chi connectivity index (χ2v) is 20.6. The molecule has 2 heterocycles. The van der Waals surface area contributed by atoms with E-state index in [1.807, 2.05) is 0 Å². The molecule has 0 saturated heterocycles. The molecule has 0 spiro atoms. The van der Waals surface area contributed by atoms with Crippen LogP contribution >= 0.6 is 0 Å². The van der Waals surface area contributed by atoms with Gasteiger partial charge in [-0.2, -0.15) is 0 Å². The summed E-state index contributed by atoms with van der Waals surface area (Å²) in [6.07, 6.45) is 0. The fraction of sp³-hybridized carbons (Fsp3) is 0.118. The molecule has 0 unspecified atom stereocenters. The first-order chi connectivity index (χ1) is 34.1. The molecule has 332 valence electrons. The van der Waals surface area contributed by atoms with Crippen LogP contribution in [0.4, 0.5) is 0 Å². The number of rotatable bonds is 6. The summed E-state index contributed by atoms with van der Waals surface area (Å²) in [6, 6.07) is 69.1. The molecule has 0 atom stereocenters. The van der Waals surface area contributed by atoms with Crippen LogP contribution in [-0.2, 0) is 0 Å². The molecule has 0 bridgehead atoms. The molecule has 0 saturated carbocycles. The van der Waals surface area contributed by atoms with E-state index in [0.29, 0.717) is 11.8 Å². The van der Waals surface area contributed by atoms with Crippen LogP contribution < -0.4 is 0 Å². The van der Waals surface area contributed by atoms with Gasteiger partial charge in [-0.15, -0.1) is 0 Å². The second kappa shape index (κ2) is 15.1. The lowest BCUT2D eigenvalue weighted by Crippen LogP contribution is -1.99. The third-order valence-electron chi connectivity index (χ3n) is 15.6. The highest BCUT2D eigenvalue weighted by Gasteiger charge is 2.26. The largest absolute Gasteiger partial charge is 0.247 e. The lowest BCUT2D eigenvalue weighted by atomic mass is 9.83. The molecule has 2 aromatic heterocycles. The van der Waals surface area contributed by atoms with Crippen LogP contribution in [0.2, 0.25) is 0 Å². The summed E-state index contributed by atoms with van der Waals surface area (Å²) >= 11 is 0. The van der Waals surface area contributed by atoms with Gasteiger partial charge in [-0.25, -0.2) is 9.97 Å². The number of fused-ring (bicyclic) bond motifs is 6. The van der Waals surface area contributed by atoms with Crippen LogP contribution in [0.3, 0.4) is 0 Å². The lowest BCUT2D eigenvalue weighted by molar-refractivity contribution is 0.869. The van der Waals surface area contributed by atoms with Gasteiger partial charge in [0.2, 0.25) is 0 Å². The Labute approximate surface area is 407 Å². The Hall–Kier alpha value is -8.20. The van der Waals surface area contributed by atoms with E-state index in [9.17, 15) is 0 Å². The summed E-state index contributed by atoms with van der Waals surface area (Å²) in [5.41, 5.74) is 18.9. The molecule has 2 heteroatoms. The minimum Gasteiger partial charge on any atom is -0.247 e. The van der Waals surface area contributed by atoms with Crippen LogP contribution in [0.15, 0.2) is 182 Å². The summed E-state index contributed by atoms with van der Waals surface area (Å²) in [4.78, 5) is 11.5. The number of aryl methyl sites for hydroxylation is 2. The van der Waals surface area contributed by atoms with Gasteiger partial charge < -0.3 is 0 Å². The summed E-state index contributed by atoms with van der Waals surface area (Å²) in [7, 11) is 0. The third kappa shape index (κ3) is 6.12. The highest BCUT2D eigenvalue weighted by Crippen LogP contribution is 2.51. The van der Waals surface area contributed by atoms with Crippen molar-refractivity contribution < 1.29 is 0 Å². The summed E-state index contributed by atoms with van der Waals surface area (Å²) in [5, 5.41) is 16.8. The fourth-order valence-corrected chi connectivity index (χ4v) is 11.8. The van der Waals surface area contributed by atoms with E-state index in [1.54, 1.807) is 0 Å². The fourth-order valence-electron chi connectivity index (χ4n) is 11.8. The Morgan fingerprint density at radius 2 is 0.643 bits per heavy atom. The van der Waals surface area contributed by atoms with Crippen LogP contribution in [0.25, 0.3) is 142 Å². The quantitative estimate of drug-likeness (QED) is 0.123. The predicted molar refractivity (Wildman–Crippen MR) is 301 cm³/mol. The zero-order valence-corrected chi connectivity index (χ0v) is 40.4. The number of pyridine rings is 2. The Bertz CT molecular complexity index is 4170. The van der Waals surface area contributed by atoms with Crippen molar-refractivity contribution >= 4 is 97.5 Å². The summed E-state index contributed by atoms with van der Waals surface area (Å²) in [6.45, 7) is 13.4. The minimum absolute atomic E-state index is 0.464. The molecule has 0 fully saturated rings. The van der Waals surface area contributed by atoms with Gasteiger partial charge >= 0.3 is 0 Å². The molecule has 0 aliphatic rings. The van der Waals surface area contributed by atoms with E-state index >= 15 is 0 Å². The molecule has 0 aliphatic heterocycles. The van der Waals surface area contributed by atoms with E-state index < -0.39 is 0 Å². The first-order valence-electron chi connectivity index (χ1n) is 24.9. The first kappa shape index (κ1) is 40.8. The van der Waals surface area contributed by atoms with Crippen molar-refractivity contribution in [2.75, 3.05) is 0 Å². The second-order valence-electron chi connectivity index (χ2n) is 20.6. The normalized spacial score (nSPS) is 12.4. The van der Waals surface area contributed by atoms with Crippen molar-refractivity contribution in [1.29, 1.82) is 0 Å². The number of aromatic nitrogens is 2. The van der Waals surface area contributed by atoms with Gasteiger partial charge in [0.25, 0.3) is 0 Å². The van der Waals surface area contributed by atoms with Crippen LogP contribution in [0, 0.1) is 13.8 Å². The number of hydrogen-bond donors (Lipinski definition) is 0. The molecule has 2 nitrogen and oxygen atoms in total. The minimum atomic E-state index is 0.464. The molecule has 0 radical (unpaired) electrons. The van der Waals surface area contributed by atoms with Crippen molar-refractivity contribution in [1.82, 2.24) is 9.97 Å². The Morgan fingerprint density at radius 3 is 1.06 bits per heavy atom. The van der Waals surface area contributed by atoms with Crippen molar-refractivity contribution in [2.24, 2.45) is 0 Å². The van der Waals surface area contributed by atoms with E-state index in [0.717, 1.165) is 32.8 Å². The van der Waals surface area contributed by atoms with Crippen molar-refractivity contribution in [3.05, 3.63) is 204 Å². The zero-order valence-electron chi connectivity index (χ0n) is 40.4. The Morgan fingerprint density at radius 1 is 0.286 bits per heavy atom. The molecule has 0 aliphatic carbocycles. The maximum Gasteiger partial charge on any atom is 0.0801 e. The van der Waals surface area contributed by atoms with Crippen molar-refractivity contribution in [3.8, 4) is 44.5 Å². The monoisotopic (exact) mass is 894 g/mol. The molecule has 70 heavy (non-hydrogen) atoms. The van der Waals surface area contributed by atoms with Gasteiger partial charge in [-0.3, -0.25) is 0 Å². The zero-order chi connectivity index (χ0) is 47.1. The maximum atomic E-state index is 5.76. The van der Waals surface area contributed by atoms with Gasteiger partial charge in [0, 0.05) is 32.3 Å². The van der Waals surface area contributed by atoms with Crippen LogP contribution in [0.5, 0.6) is 0 Å². The molecule has 0 amide bonds. The lowest BCUT2D eigenvalue weighted by Gasteiger charge is -2.22. The molecule has 14 rings (SSSR count). The van der Waals surface area contributed by atoms with Gasteiger partial charge in [0.15, 0.2) is 0 Å². The third-order valence-corrected chi connectivity index (χ3v) is 15.6. The van der Waals surface area contributed by atoms with Crippen molar-refractivity contribution in [2.45, 2.75) is 53.4 Å². The molecular formula is C68H50N2. The van der Waals surface area contributed by atoms with Gasteiger partial charge in [-0.1, -0.05) is 184 Å². The molecule has 12 aromatic carbocycles. The number of benzene rings is 12. The van der Waals surface area contributed by atoms with E-state index in [-0.39, 0.29) is 0 Å². The molecular weight excluding hydrogens is 845 g/mol. The average Bonchev–Trinajstić information content (AvgIpc) is 3.38. The molecule has 0 N–H and O–H groups in total. The number of hydrogen-bond acceptors (Lipinski definition) is 2. The van der Waals surface area contributed by atoms with E-state index in [1.165, 1.54) is 131 Å². The van der Waals surface area contributed by atoms with E-state index in [2.05, 4.69) is 224 Å². The summed E-state index contributed by atoms with van der Waals surface area (Å²) in [5.74, 6) is 0.928. The Balaban J connectivity index is 1.10. The Kier molecular flexibility index (Phi) is 8.84. The van der Waals surface area contributed by atoms with Crippen molar-refractivity contribution in [3.63, 3.8) is 0 Å². The highest BCUT2D eigenvalue weighted by molar-refractivity contribution is 6.41. The standard InChI is InChI=1S/C68H50N2/c1-37(2)43-15-17-47-33-51(21-19-45(47)31-43)61-55-27-29-59-65-63(55)67(53-25-23-49(35-57(53)61)41-11-7-39(5)8-12-41)69-60-30-28-56-62(52-22-20-46-32-44(38(3)4)16-18-48(46)34-52)58-36-50(42-13-9-40(6)10-14-42)24-26-54(58)68(70-59)64(56)66(60)65/h7-38H,1-6H3.